The summed E-state index contributed by atoms with van der Waals surface area (Å²) in [5, 5.41) is 8.63. The molecule has 0 aromatic carbocycles. The molecular formula is C9H19ClN2O3. The number of hydrogen-bond donors (Lipinski definition) is 3. The maximum atomic E-state index is 10.4. The van der Waals surface area contributed by atoms with Gasteiger partial charge in [-0.3, -0.25) is 5.43 Å². The normalized spacial score (nSPS) is 11.3. The van der Waals surface area contributed by atoms with Gasteiger partial charge in [0, 0.05) is 5.03 Å². The zero-order valence-electron chi connectivity index (χ0n) is 9.50. The van der Waals surface area contributed by atoms with Crippen molar-refractivity contribution in [1.29, 1.82) is 0 Å². The molecule has 1 amide bonds. The highest BCUT2D eigenvalue weighted by Crippen LogP contribution is 2.05. The molecule has 0 radical (unpaired) electrons. The monoisotopic (exact) mass is 238 g/mol. The molecule has 0 aliphatic heterocycles. The van der Waals surface area contributed by atoms with Crippen LogP contribution >= 0.6 is 11.6 Å². The second-order valence-corrected chi connectivity index (χ2v) is 4.03. The molecule has 4 N–H and O–H groups in total. The maximum absolute atomic E-state index is 10.4. The first-order valence-corrected chi connectivity index (χ1v) is 4.75. The van der Waals surface area contributed by atoms with Crippen molar-refractivity contribution in [3.63, 3.8) is 0 Å². The third kappa shape index (κ3) is 15.9. The Bertz CT molecular complexity index is 212. The van der Waals surface area contributed by atoms with Crippen LogP contribution in [0.3, 0.4) is 0 Å². The molecule has 0 spiro atoms. The number of halogens is 1. The Labute approximate surface area is 95.2 Å². The number of nitrogens with one attached hydrogen (secondary N) is 1. The fraction of sp³-hybridized carbons (Fsp3) is 0.667. The minimum absolute atomic E-state index is 0.0436. The number of hydrazine groups is 1. The van der Waals surface area contributed by atoms with Crippen LogP contribution in [-0.2, 0) is 4.74 Å². The number of carbonyl (C=O) groups is 1. The maximum Gasteiger partial charge on any atom is 0.421 e. The largest absolute Gasteiger partial charge is 0.443 e. The molecule has 15 heavy (non-hydrogen) atoms. The van der Waals surface area contributed by atoms with Crippen molar-refractivity contribution in [2.24, 2.45) is 5.84 Å². The topological polar surface area (TPSA) is 84.6 Å². The predicted molar refractivity (Wildman–Crippen MR) is 60.3 cm³/mol. The van der Waals surface area contributed by atoms with Gasteiger partial charge in [0.25, 0.3) is 0 Å². The molecule has 0 unspecified atom stereocenters. The quantitative estimate of drug-likeness (QED) is 0.367. The number of ether oxygens (including phenoxy) is 1. The van der Waals surface area contributed by atoms with E-state index in [4.69, 9.17) is 27.3 Å². The van der Waals surface area contributed by atoms with E-state index in [9.17, 15) is 4.79 Å². The molecule has 0 saturated heterocycles. The number of rotatable bonds is 1. The van der Waals surface area contributed by atoms with Crippen molar-refractivity contribution < 1.29 is 14.6 Å². The molecule has 0 heterocycles. The van der Waals surface area contributed by atoms with E-state index in [0.717, 1.165) is 0 Å². The Hall–Kier alpha value is -0.780. The van der Waals surface area contributed by atoms with Gasteiger partial charge in [-0.05, 0) is 27.7 Å². The molecular weight excluding hydrogens is 220 g/mol. The van der Waals surface area contributed by atoms with Crippen molar-refractivity contribution in [3.8, 4) is 0 Å². The van der Waals surface area contributed by atoms with Crippen LogP contribution < -0.4 is 11.3 Å². The third-order valence-electron chi connectivity index (χ3n) is 0.981. The number of nitrogens with two attached hydrogens (primary N) is 1. The van der Waals surface area contributed by atoms with Crippen LogP contribution in [0.25, 0.3) is 0 Å². The molecule has 5 nitrogen and oxygen atoms in total. The fourth-order valence-electron chi connectivity index (χ4n) is 0.399. The van der Waals surface area contributed by atoms with Crippen molar-refractivity contribution in [2.75, 3.05) is 6.61 Å². The van der Waals surface area contributed by atoms with Crippen molar-refractivity contribution in [2.45, 2.75) is 33.3 Å². The summed E-state index contributed by atoms with van der Waals surface area (Å²) in [5.74, 6) is 4.75. The van der Waals surface area contributed by atoms with Gasteiger partial charge < -0.3 is 9.84 Å². The van der Waals surface area contributed by atoms with Crippen molar-refractivity contribution in [3.05, 3.63) is 11.1 Å². The summed E-state index contributed by atoms with van der Waals surface area (Å²) in [6.07, 6.45) is 1.05. The Balaban J connectivity index is 0. The lowest BCUT2D eigenvalue weighted by molar-refractivity contribution is 0.0527. The van der Waals surface area contributed by atoms with Gasteiger partial charge in [-0.1, -0.05) is 17.7 Å². The predicted octanol–water partition coefficient (Wildman–Crippen LogP) is 1.51. The smallest absolute Gasteiger partial charge is 0.421 e. The lowest BCUT2D eigenvalue weighted by Gasteiger charge is -2.18. The summed E-state index contributed by atoms with van der Waals surface area (Å²) in [6, 6.07) is 0. The molecule has 0 aromatic rings. The van der Waals surface area contributed by atoms with E-state index in [-0.39, 0.29) is 6.61 Å². The Morgan fingerprint density at radius 1 is 1.60 bits per heavy atom. The van der Waals surface area contributed by atoms with Gasteiger partial charge in [-0.2, -0.15) is 0 Å². The first-order valence-electron chi connectivity index (χ1n) is 4.38. The second kappa shape index (κ2) is 8.52. The SMILES string of the molecule is C/C=C(\Cl)CO.CC(C)(C)OC(=O)NN. The number of aliphatic hydroxyl groups excluding tert-OH is 1. The minimum Gasteiger partial charge on any atom is -0.443 e. The van der Waals surface area contributed by atoms with Gasteiger partial charge in [-0.25, -0.2) is 10.6 Å². The average molecular weight is 239 g/mol. The molecule has 0 aliphatic rings. The first-order chi connectivity index (χ1) is 6.76. The van der Waals surface area contributed by atoms with E-state index >= 15 is 0 Å². The van der Waals surface area contributed by atoms with Gasteiger partial charge in [-0.15, -0.1) is 0 Å². The van der Waals surface area contributed by atoms with Crippen LogP contribution in [0.2, 0.25) is 0 Å². The number of hydrogen-bond acceptors (Lipinski definition) is 4. The van der Waals surface area contributed by atoms with Gasteiger partial charge in [0.05, 0.1) is 6.61 Å². The molecule has 0 rings (SSSR count). The zero-order chi connectivity index (χ0) is 12.5. The van der Waals surface area contributed by atoms with Crippen LogP contribution in [0.15, 0.2) is 11.1 Å². The fourth-order valence-corrected chi connectivity index (χ4v) is 0.399. The Kier molecular flexibility index (Phi) is 9.46. The van der Waals surface area contributed by atoms with Crippen LogP contribution in [0.1, 0.15) is 27.7 Å². The van der Waals surface area contributed by atoms with Gasteiger partial charge in [0.1, 0.15) is 5.60 Å². The summed E-state index contributed by atoms with van der Waals surface area (Å²) < 4.78 is 4.71. The van der Waals surface area contributed by atoms with Crippen LogP contribution in [0.4, 0.5) is 4.79 Å². The molecule has 0 bridgehead atoms. The van der Waals surface area contributed by atoms with Crippen LogP contribution in [0.5, 0.6) is 0 Å². The molecule has 0 aliphatic carbocycles. The number of allylic oxidation sites excluding steroid dienone is 1. The summed E-state index contributed by atoms with van der Waals surface area (Å²) in [6.45, 7) is 7.03. The lowest BCUT2D eigenvalue weighted by atomic mass is 10.2. The van der Waals surface area contributed by atoms with E-state index < -0.39 is 11.7 Å². The van der Waals surface area contributed by atoms with E-state index in [1.807, 2.05) is 5.43 Å². The third-order valence-corrected chi connectivity index (χ3v) is 1.32. The molecule has 0 atom stereocenters. The number of aliphatic hydroxyl groups is 1. The van der Waals surface area contributed by atoms with Gasteiger partial charge >= 0.3 is 6.09 Å². The summed E-state index contributed by atoms with van der Waals surface area (Å²) in [7, 11) is 0. The van der Waals surface area contributed by atoms with Crippen LogP contribution in [0, 0.1) is 0 Å². The standard InChI is InChI=1S/C5H12N2O2.C4H7ClO/c1-5(2,3)9-4(8)7-6;1-2-4(5)3-6/h6H2,1-3H3,(H,7,8);2,6H,3H2,1H3/b;4-2-. The molecule has 90 valence electrons. The summed E-state index contributed by atoms with van der Waals surface area (Å²) >= 11 is 5.26. The van der Waals surface area contributed by atoms with Crippen LogP contribution in [-0.4, -0.2) is 23.4 Å². The molecule has 6 heteroatoms. The van der Waals surface area contributed by atoms with E-state index in [1.54, 1.807) is 33.8 Å². The van der Waals surface area contributed by atoms with Gasteiger partial charge in [0.2, 0.25) is 0 Å². The average Bonchev–Trinajstić information content (AvgIpc) is 2.15. The van der Waals surface area contributed by atoms with Crippen molar-refractivity contribution in [1.82, 2.24) is 5.43 Å². The summed E-state index contributed by atoms with van der Waals surface area (Å²) in [4.78, 5) is 10.4. The van der Waals surface area contributed by atoms with Gasteiger partial charge in [0.15, 0.2) is 0 Å². The zero-order valence-corrected chi connectivity index (χ0v) is 10.3. The lowest BCUT2D eigenvalue weighted by Crippen LogP contribution is -2.36. The van der Waals surface area contributed by atoms with E-state index in [2.05, 4.69) is 0 Å². The number of carbonyl (C=O) groups excluding carboxylic acids is 1. The van der Waals surface area contributed by atoms with E-state index in [0.29, 0.717) is 5.03 Å². The first kappa shape index (κ1) is 16.6. The number of amides is 1. The highest BCUT2D eigenvalue weighted by atomic mass is 35.5. The Morgan fingerprint density at radius 3 is 2.13 bits per heavy atom. The second-order valence-electron chi connectivity index (χ2n) is 3.54. The molecule has 0 fully saturated rings. The minimum atomic E-state index is -0.609. The van der Waals surface area contributed by atoms with Crippen molar-refractivity contribution >= 4 is 17.7 Å². The molecule has 0 saturated carbocycles. The highest BCUT2D eigenvalue weighted by molar-refractivity contribution is 6.29. The van der Waals surface area contributed by atoms with E-state index in [1.165, 1.54) is 0 Å². The summed E-state index contributed by atoms with van der Waals surface area (Å²) in [5.41, 5.74) is 1.39. The molecule has 0 aromatic heterocycles. The Morgan fingerprint density at radius 2 is 2.07 bits per heavy atom. The highest BCUT2D eigenvalue weighted by Gasteiger charge is 2.14.